The molecule has 0 aliphatic carbocycles. The van der Waals surface area contributed by atoms with Crippen LogP contribution in [-0.4, -0.2) is 44.7 Å². The van der Waals surface area contributed by atoms with Crippen LogP contribution < -0.4 is 5.32 Å². The third-order valence-electron chi connectivity index (χ3n) is 3.84. The molecule has 1 saturated heterocycles. The van der Waals surface area contributed by atoms with E-state index in [2.05, 4.69) is 26.1 Å². The van der Waals surface area contributed by atoms with Gasteiger partial charge in [0.2, 0.25) is 10.0 Å². The summed E-state index contributed by atoms with van der Waals surface area (Å²) < 4.78 is 26.8. The third kappa shape index (κ3) is 6.55. The highest BCUT2D eigenvalue weighted by atomic mass is 32.2. The lowest BCUT2D eigenvalue weighted by atomic mass is 9.94. The molecule has 0 amide bonds. The van der Waals surface area contributed by atoms with Crippen molar-refractivity contribution in [2.45, 2.75) is 53.4 Å². The van der Waals surface area contributed by atoms with Crippen molar-refractivity contribution in [3.8, 4) is 0 Å². The summed E-state index contributed by atoms with van der Waals surface area (Å²) in [5, 5.41) is 3.37. The van der Waals surface area contributed by atoms with Gasteiger partial charge in [-0.05, 0) is 50.1 Å². The van der Waals surface area contributed by atoms with Gasteiger partial charge in [0, 0.05) is 13.1 Å². The largest absolute Gasteiger partial charge is 0.316 e. The summed E-state index contributed by atoms with van der Waals surface area (Å²) in [6.07, 6.45) is 3.90. The molecule has 0 bridgehead atoms. The summed E-state index contributed by atoms with van der Waals surface area (Å²) in [5.41, 5.74) is 0.0668. The van der Waals surface area contributed by atoms with E-state index in [-0.39, 0.29) is 11.2 Å². The van der Waals surface area contributed by atoms with E-state index in [4.69, 9.17) is 0 Å². The highest BCUT2D eigenvalue weighted by Gasteiger charge is 2.27. The number of sulfonamides is 1. The van der Waals surface area contributed by atoms with Crippen LogP contribution in [0.15, 0.2) is 0 Å². The Kier molecular flexibility index (Phi) is 6.95. The molecule has 4 nitrogen and oxygen atoms in total. The fraction of sp³-hybridized carbons (Fsp3) is 1.00. The number of nitrogens with one attached hydrogen (secondary N) is 1. The van der Waals surface area contributed by atoms with Crippen LogP contribution in [0.2, 0.25) is 0 Å². The minimum Gasteiger partial charge on any atom is -0.316 e. The first-order valence-electron chi connectivity index (χ1n) is 7.93. The molecule has 5 heteroatoms. The summed E-state index contributed by atoms with van der Waals surface area (Å²) in [5.74, 6) is 0.746. The Morgan fingerprint density at radius 2 is 2.00 bits per heavy atom. The maximum atomic E-state index is 12.5. The fourth-order valence-corrected chi connectivity index (χ4v) is 4.55. The van der Waals surface area contributed by atoms with Crippen LogP contribution in [0.5, 0.6) is 0 Å². The Balaban J connectivity index is 2.62. The molecule has 0 aromatic heterocycles. The van der Waals surface area contributed by atoms with E-state index in [0.717, 1.165) is 38.8 Å². The normalized spacial score (nSPS) is 21.4. The van der Waals surface area contributed by atoms with Gasteiger partial charge in [0.05, 0.1) is 5.75 Å². The van der Waals surface area contributed by atoms with E-state index >= 15 is 0 Å². The molecule has 1 aliphatic rings. The molecule has 0 saturated carbocycles. The molecular formula is C15H32N2O2S. The van der Waals surface area contributed by atoms with E-state index in [1.807, 2.05) is 6.92 Å². The Morgan fingerprint density at radius 3 is 2.50 bits per heavy atom. The predicted octanol–water partition coefficient (Wildman–Crippen LogP) is 2.46. The van der Waals surface area contributed by atoms with Gasteiger partial charge in [-0.15, -0.1) is 0 Å². The lowest BCUT2D eigenvalue weighted by Gasteiger charge is -2.30. The lowest BCUT2D eigenvalue weighted by Crippen LogP contribution is -2.42. The Bertz CT molecular complexity index is 368. The van der Waals surface area contributed by atoms with Crippen molar-refractivity contribution in [1.82, 2.24) is 9.62 Å². The molecule has 1 heterocycles. The number of piperidine rings is 1. The van der Waals surface area contributed by atoms with E-state index in [1.54, 1.807) is 4.31 Å². The zero-order chi connectivity index (χ0) is 15.2. The number of rotatable bonds is 7. The van der Waals surface area contributed by atoms with Gasteiger partial charge in [-0.3, -0.25) is 0 Å². The average molecular weight is 305 g/mol. The molecule has 1 N–H and O–H groups in total. The predicted molar refractivity (Wildman–Crippen MR) is 85.3 cm³/mol. The summed E-state index contributed by atoms with van der Waals surface area (Å²) in [6, 6.07) is 0. The van der Waals surface area contributed by atoms with E-state index in [1.165, 1.54) is 0 Å². The topological polar surface area (TPSA) is 49.4 Å². The van der Waals surface area contributed by atoms with Crippen molar-refractivity contribution >= 4 is 10.0 Å². The van der Waals surface area contributed by atoms with Gasteiger partial charge in [0.25, 0.3) is 0 Å². The van der Waals surface area contributed by atoms with Gasteiger partial charge in [0.15, 0.2) is 0 Å². The Labute approximate surface area is 125 Å². The van der Waals surface area contributed by atoms with Gasteiger partial charge in [-0.25, -0.2) is 12.7 Å². The summed E-state index contributed by atoms with van der Waals surface area (Å²) in [4.78, 5) is 0. The molecule has 0 spiro atoms. The SMILES string of the molecule is CCCN(CC1CCCNC1)S(=O)(=O)CCC(C)(C)C. The molecule has 20 heavy (non-hydrogen) atoms. The quantitative estimate of drug-likeness (QED) is 0.786. The zero-order valence-corrected chi connectivity index (χ0v) is 14.4. The number of hydrogen-bond acceptors (Lipinski definition) is 3. The smallest absolute Gasteiger partial charge is 0.214 e. The van der Waals surface area contributed by atoms with Crippen LogP contribution in [0, 0.1) is 11.3 Å². The zero-order valence-electron chi connectivity index (χ0n) is 13.6. The molecule has 1 aliphatic heterocycles. The van der Waals surface area contributed by atoms with Crippen LogP contribution >= 0.6 is 0 Å². The third-order valence-corrected chi connectivity index (χ3v) is 5.68. The van der Waals surface area contributed by atoms with E-state index in [9.17, 15) is 8.42 Å². The standard InChI is InChI=1S/C15H32N2O2S/c1-5-10-17(13-14-7-6-9-16-12-14)20(18,19)11-8-15(2,3)4/h14,16H,5-13H2,1-4H3. The van der Waals surface area contributed by atoms with Crippen LogP contribution in [0.3, 0.4) is 0 Å². The van der Waals surface area contributed by atoms with Gasteiger partial charge >= 0.3 is 0 Å². The van der Waals surface area contributed by atoms with Crippen molar-refractivity contribution in [1.29, 1.82) is 0 Å². The fourth-order valence-electron chi connectivity index (χ4n) is 2.53. The first kappa shape index (κ1) is 17.9. The maximum absolute atomic E-state index is 12.5. The highest BCUT2D eigenvalue weighted by Crippen LogP contribution is 2.22. The second-order valence-electron chi connectivity index (χ2n) is 7.20. The van der Waals surface area contributed by atoms with Crippen molar-refractivity contribution < 1.29 is 8.42 Å². The van der Waals surface area contributed by atoms with E-state index < -0.39 is 10.0 Å². The van der Waals surface area contributed by atoms with Crippen LogP contribution in [-0.2, 0) is 10.0 Å². The average Bonchev–Trinajstić information content (AvgIpc) is 2.37. The molecule has 1 rings (SSSR count). The molecule has 1 fully saturated rings. The van der Waals surface area contributed by atoms with Crippen molar-refractivity contribution in [3.05, 3.63) is 0 Å². The first-order valence-corrected chi connectivity index (χ1v) is 9.54. The monoisotopic (exact) mass is 304 g/mol. The van der Waals surface area contributed by atoms with Gasteiger partial charge in [-0.2, -0.15) is 0 Å². The molecule has 1 unspecified atom stereocenters. The number of nitrogens with zero attached hydrogens (tertiary/aromatic N) is 1. The number of hydrogen-bond donors (Lipinski definition) is 1. The molecule has 1 atom stereocenters. The second kappa shape index (κ2) is 7.76. The van der Waals surface area contributed by atoms with Crippen LogP contribution in [0.4, 0.5) is 0 Å². The lowest BCUT2D eigenvalue weighted by molar-refractivity contribution is 0.289. The first-order chi connectivity index (χ1) is 9.24. The van der Waals surface area contributed by atoms with Crippen molar-refractivity contribution in [2.24, 2.45) is 11.3 Å². The van der Waals surface area contributed by atoms with E-state index in [0.29, 0.717) is 19.0 Å². The maximum Gasteiger partial charge on any atom is 0.214 e. The Hall–Kier alpha value is -0.130. The van der Waals surface area contributed by atoms with Gasteiger partial charge < -0.3 is 5.32 Å². The molecule has 0 aromatic carbocycles. The summed E-state index contributed by atoms with van der Waals surface area (Å²) >= 11 is 0. The summed E-state index contributed by atoms with van der Waals surface area (Å²) in [7, 11) is -3.11. The highest BCUT2D eigenvalue weighted by molar-refractivity contribution is 7.89. The minimum atomic E-state index is -3.11. The molecule has 0 aromatic rings. The van der Waals surface area contributed by atoms with Crippen molar-refractivity contribution in [2.75, 3.05) is 31.9 Å². The minimum absolute atomic E-state index is 0.0668. The van der Waals surface area contributed by atoms with Crippen LogP contribution in [0.1, 0.15) is 53.4 Å². The molecule has 0 radical (unpaired) electrons. The van der Waals surface area contributed by atoms with Crippen LogP contribution in [0.25, 0.3) is 0 Å². The second-order valence-corrected chi connectivity index (χ2v) is 9.29. The summed E-state index contributed by atoms with van der Waals surface area (Å²) in [6.45, 7) is 11.7. The van der Waals surface area contributed by atoms with Gasteiger partial charge in [0.1, 0.15) is 0 Å². The molecule has 120 valence electrons. The van der Waals surface area contributed by atoms with Gasteiger partial charge in [-0.1, -0.05) is 27.7 Å². The van der Waals surface area contributed by atoms with Crippen molar-refractivity contribution in [3.63, 3.8) is 0 Å². The molecular weight excluding hydrogens is 272 g/mol. The Morgan fingerprint density at radius 1 is 1.30 bits per heavy atom.